The fourth-order valence-electron chi connectivity index (χ4n) is 4.49. The van der Waals surface area contributed by atoms with Gasteiger partial charge in [0.05, 0.1) is 5.69 Å². The largest absolute Gasteiger partial charge is 0.330 e. The van der Waals surface area contributed by atoms with Crippen molar-refractivity contribution >= 4 is 17.1 Å². The number of nitrogens with zero attached hydrogens (tertiary/aromatic N) is 3. The maximum atomic E-state index is 11.9. The van der Waals surface area contributed by atoms with Crippen LogP contribution in [0.15, 0.2) is 17.9 Å². The highest BCUT2D eigenvalue weighted by Crippen LogP contribution is 2.57. The summed E-state index contributed by atoms with van der Waals surface area (Å²) < 4.78 is 0. The molecule has 3 aliphatic rings. The summed E-state index contributed by atoms with van der Waals surface area (Å²) in [5.41, 5.74) is 11.7. The lowest BCUT2D eigenvalue weighted by atomic mass is 9.52. The van der Waals surface area contributed by atoms with E-state index in [2.05, 4.69) is 28.5 Å². The van der Waals surface area contributed by atoms with Gasteiger partial charge in [0, 0.05) is 30.3 Å². The van der Waals surface area contributed by atoms with Crippen LogP contribution in [0.5, 0.6) is 0 Å². The molecule has 3 saturated carbocycles. The molecule has 0 saturated heterocycles. The van der Waals surface area contributed by atoms with E-state index in [-0.39, 0.29) is 5.41 Å². The van der Waals surface area contributed by atoms with Crippen molar-refractivity contribution in [2.75, 3.05) is 13.6 Å². The summed E-state index contributed by atoms with van der Waals surface area (Å²) in [5.74, 6) is 0.503. The van der Waals surface area contributed by atoms with E-state index in [0.717, 1.165) is 61.2 Å². The van der Waals surface area contributed by atoms with Crippen LogP contribution in [0.3, 0.4) is 0 Å². The van der Waals surface area contributed by atoms with Crippen molar-refractivity contribution in [1.29, 1.82) is 0 Å². The van der Waals surface area contributed by atoms with Gasteiger partial charge in [0.1, 0.15) is 12.1 Å². The molecule has 3 fully saturated rings. The third-order valence-corrected chi connectivity index (χ3v) is 7.38. The number of aromatic nitrogens is 2. The summed E-state index contributed by atoms with van der Waals surface area (Å²) >= 11 is 0. The highest BCUT2D eigenvalue weighted by molar-refractivity contribution is 5.85. The molecule has 0 spiro atoms. The van der Waals surface area contributed by atoms with Gasteiger partial charge >= 0.3 is 0 Å². The average Bonchev–Trinajstić information content (AvgIpc) is 2.87. The van der Waals surface area contributed by atoms with Crippen molar-refractivity contribution in [1.82, 2.24) is 9.97 Å². The summed E-state index contributed by atoms with van der Waals surface area (Å²) in [6.45, 7) is 20.7. The van der Waals surface area contributed by atoms with Gasteiger partial charge in [-0.15, -0.1) is 0 Å². The van der Waals surface area contributed by atoms with E-state index in [1.165, 1.54) is 25.0 Å². The highest BCUT2D eigenvalue weighted by atomic mass is 16.1. The number of carbonyl (C=O) groups excluding carboxylic acids is 1. The molecule has 1 heterocycles. The molecule has 0 unspecified atom stereocenters. The Morgan fingerprint density at radius 1 is 1.03 bits per heavy atom. The maximum Gasteiger partial charge on any atom is 0.138 e. The molecular weight excluding hydrogens is 408 g/mol. The quantitative estimate of drug-likeness (QED) is 0.486. The first-order valence-electron chi connectivity index (χ1n) is 12.7. The molecule has 0 radical (unpaired) electrons. The van der Waals surface area contributed by atoms with Crippen molar-refractivity contribution in [3.8, 4) is 0 Å². The van der Waals surface area contributed by atoms with Crippen LogP contribution in [0.2, 0.25) is 0 Å². The minimum Gasteiger partial charge on any atom is -0.330 e. The Morgan fingerprint density at radius 2 is 1.55 bits per heavy atom. The summed E-state index contributed by atoms with van der Waals surface area (Å²) in [4.78, 5) is 24.0. The lowest BCUT2D eigenvalue weighted by molar-refractivity contribution is -0.137. The molecule has 33 heavy (non-hydrogen) atoms. The molecule has 0 aliphatic heterocycles. The number of allylic oxidation sites excluding steroid dienone is 1. The van der Waals surface area contributed by atoms with E-state index in [4.69, 9.17) is 5.73 Å². The Balaban J connectivity index is 0.000000482. The Kier molecular flexibility index (Phi) is 14.2. The van der Waals surface area contributed by atoms with Crippen molar-refractivity contribution in [3.63, 3.8) is 0 Å². The van der Waals surface area contributed by atoms with Crippen molar-refractivity contribution in [2.24, 2.45) is 21.6 Å². The van der Waals surface area contributed by atoms with Crippen LogP contribution in [-0.2, 0) is 4.79 Å². The van der Waals surface area contributed by atoms with Gasteiger partial charge in [-0.3, -0.25) is 9.79 Å². The molecule has 0 amide bonds. The van der Waals surface area contributed by atoms with Gasteiger partial charge in [-0.1, -0.05) is 34.3 Å². The average molecular weight is 459 g/mol. The monoisotopic (exact) mass is 458 g/mol. The molecular formula is C28H50N4O. The number of aryl methyl sites for hydroxylation is 1. The first-order chi connectivity index (χ1) is 15.6. The van der Waals surface area contributed by atoms with E-state index in [0.29, 0.717) is 11.2 Å². The first kappa shape index (κ1) is 31.1. The minimum absolute atomic E-state index is 0.0751. The second-order valence-electron chi connectivity index (χ2n) is 9.29. The SMILES string of the molecule is C=C(C)c1ncnc(C)c1C.CC.CCC(=O)C12CCC(CN)(CC1)CC2.CCC(C)=NC. The smallest absolute Gasteiger partial charge is 0.138 e. The Bertz CT molecular complexity index is 758. The first-order valence-corrected chi connectivity index (χ1v) is 12.7. The predicted octanol–water partition coefficient (Wildman–Crippen LogP) is 6.90. The van der Waals surface area contributed by atoms with Crippen molar-refractivity contribution in [2.45, 2.75) is 107 Å². The zero-order valence-corrected chi connectivity index (χ0v) is 23.0. The molecule has 4 rings (SSSR count). The van der Waals surface area contributed by atoms with Gasteiger partial charge in [-0.2, -0.15) is 0 Å². The summed E-state index contributed by atoms with van der Waals surface area (Å²) in [5, 5.41) is 0. The maximum absolute atomic E-state index is 11.9. The fraction of sp³-hybridized carbons (Fsp3) is 0.714. The van der Waals surface area contributed by atoms with Crippen LogP contribution < -0.4 is 5.73 Å². The molecule has 188 valence electrons. The zero-order chi connectivity index (χ0) is 25.7. The van der Waals surface area contributed by atoms with E-state index in [1.54, 1.807) is 6.33 Å². The summed E-state index contributed by atoms with van der Waals surface area (Å²) in [6.07, 6.45) is 10.3. The number of Topliss-reactive ketones (excluding diaryl/α,β-unsaturated/α-hetero) is 1. The highest BCUT2D eigenvalue weighted by Gasteiger charge is 2.50. The van der Waals surface area contributed by atoms with Gasteiger partial charge in [0.2, 0.25) is 0 Å². The van der Waals surface area contributed by atoms with Crippen LogP contribution in [0.1, 0.15) is 110 Å². The summed E-state index contributed by atoms with van der Waals surface area (Å²) in [6, 6.07) is 0. The lowest BCUT2D eigenvalue weighted by Crippen LogP contribution is -2.48. The van der Waals surface area contributed by atoms with E-state index >= 15 is 0 Å². The van der Waals surface area contributed by atoms with Crippen molar-refractivity contribution < 1.29 is 4.79 Å². The standard InChI is InChI=1S/C12H21NO.C9H12N2.C5H11N.C2H6/c1-2-10(14)12-6-3-11(9-13,4-7-12)5-8-12;1-6(2)9-7(3)8(4)10-5-11-9;1-4-5(2)6-3;1-2/h2-9,13H2,1H3;5H,1H2,2-4H3;4H2,1-3H3;1-2H3. The van der Waals surface area contributed by atoms with Crippen LogP contribution in [0, 0.1) is 24.7 Å². The number of carbonyl (C=O) groups is 1. The second-order valence-corrected chi connectivity index (χ2v) is 9.29. The Hall–Kier alpha value is -1.88. The number of fused-ring (bicyclic) bond motifs is 3. The Labute approximate surface area is 203 Å². The number of ketones is 1. The van der Waals surface area contributed by atoms with Gasteiger partial charge < -0.3 is 5.73 Å². The molecule has 1 aromatic heterocycles. The number of aliphatic imine (C=N–C) groups is 1. The zero-order valence-electron chi connectivity index (χ0n) is 23.0. The van der Waals surface area contributed by atoms with Gasteiger partial charge in [0.25, 0.3) is 0 Å². The number of nitrogens with two attached hydrogens (primary N) is 1. The molecule has 5 nitrogen and oxygen atoms in total. The van der Waals surface area contributed by atoms with Crippen LogP contribution in [0.25, 0.3) is 5.57 Å². The molecule has 5 heteroatoms. The summed E-state index contributed by atoms with van der Waals surface area (Å²) in [7, 11) is 1.82. The molecule has 0 aromatic carbocycles. The van der Waals surface area contributed by atoms with Gasteiger partial charge in [0.15, 0.2) is 0 Å². The van der Waals surface area contributed by atoms with E-state index in [9.17, 15) is 4.79 Å². The van der Waals surface area contributed by atoms with E-state index < -0.39 is 0 Å². The van der Waals surface area contributed by atoms with Gasteiger partial charge in [-0.05, 0) is 95.7 Å². The van der Waals surface area contributed by atoms with E-state index in [1.807, 2.05) is 55.5 Å². The molecule has 1 aromatic rings. The molecule has 3 aliphatic carbocycles. The predicted molar refractivity (Wildman–Crippen MR) is 144 cm³/mol. The molecule has 2 N–H and O–H groups in total. The number of hydrogen-bond donors (Lipinski definition) is 1. The lowest BCUT2D eigenvalue weighted by Gasteiger charge is -2.52. The topological polar surface area (TPSA) is 81.2 Å². The molecule has 0 atom stereocenters. The molecule has 2 bridgehead atoms. The normalized spacial score (nSPS) is 23.2. The number of hydrogen-bond acceptors (Lipinski definition) is 5. The third kappa shape index (κ3) is 8.77. The number of rotatable bonds is 5. The third-order valence-electron chi connectivity index (χ3n) is 7.38. The Morgan fingerprint density at radius 3 is 1.85 bits per heavy atom. The minimum atomic E-state index is 0.0751. The van der Waals surface area contributed by atoms with Crippen LogP contribution >= 0.6 is 0 Å². The van der Waals surface area contributed by atoms with Gasteiger partial charge in [-0.25, -0.2) is 9.97 Å². The second kappa shape index (κ2) is 15.1. The van der Waals surface area contributed by atoms with Crippen molar-refractivity contribution in [3.05, 3.63) is 29.9 Å². The van der Waals surface area contributed by atoms with Crippen LogP contribution in [-0.4, -0.2) is 35.1 Å². The van der Waals surface area contributed by atoms with Crippen LogP contribution in [0.4, 0.5) is 0 Å². The fourth-order valence-corrected chi connectivity index (χ4v) is 4.49.